The number of urea groups is 1. The average Bonchev–Trinajstić information content (AvgIpc) is 3.26. The van der Waals surface area contributed by atoms with E-state index in [4.69, 9.17) is 4.74 Å². The number of amides is 2. The number of rotatable bonds is 6. The second-order valence-electron chi connectivity index (χ2n) is 8.72. The Kier molecular flexibility index (Phi) is 7.16. The molecule has 0 spiro atoms. The number of nitrogens with zero attached hydrogens (tertiary/aromatic N) is 3. The molecule has 3 aromatic rings. The van der Waals surface area contributed by atoms with Crippen LogP contribution in [0.1, 0.15) is 16.1 Å². The highest BCUT2D eigenvalue weighted by molar-refractivity contribution is 7.17. The lowest BCUT2D eigenvalue weighted by Gasteiger charge is -2.34. The van der Waals surface area contributed by atoms with Crippen molar-refractivity contribution in [2.75, 3.05) is 44.6 Å². The van der Waals surface area contributed by atoms with Crippen molar-refractivity contribution in [3.63, 3.8) is 0 Å². The molecular weight excluding hydrogens is 482 g/mol. The summed E-state index contributed by atoms with van der Waals surface area (Å²) in [6, 6.07) is 11.1. The number of Topliss-reactive ketones (excluding diaryl/α,β-unsaturated/α-hetero) is 1. The molecule has 0 saturated carbocycles. The summed E-state index contributed by atoms with van der Waals surface area (Å²) < 4.78 is 19.2. The summed E-state index contributed by atoms with van der Waals surface area (Å²) in [5.74, 6) is -1.01. The van der Waals surface area contributed by atoms with Crippen molar-refractivity contribution in [2.24, 2.45) is 0 Å². The first kappa shape index (κ1) is 24.2. The van der Waals surface area contributed by atoms with Crippen LogP contribution in [0.2, 0.25) is 0 Å². The molecule has 36 heavy (non-hydrogen) atoms. The lowest BCUT2D eigenvalue weighted by molar-refractivity contribution is 0.0884. The number of pyridine rings is 1. The van der Waals surface area contributed by atoms with Gasteiger partial charge in [0.25, 0.3) is 0 Å². The van der Waals surface area contributed by atoms with Gasteiger partial charge in [-0.1, -0.05) is 27.4 Å². The van der Waals surface area contributed by atoms with Gasteiger partial charge >= 0.3 is 6.03 Å². The lowest BCUT2D eigenvalue weighted by atomic mass is 10.0. The van der Waals surface area contributed by atoms with Gasteiger partial charge in [-0.05, 0) is 18.2 Å². The maximum absolute atomic E-state index is 13.5. The Bertz CT molecular complexity index is 1250. The molecule has 1 saturated heterocycles. The summed E-state index contributed by atoms with van der Waals surface area (Å²) in [6.45, 7) is 2.79. The fourth-order valence-corrected chi connectivity index (χ4v) is 4.63. The summed E-state index contributed by atoms with van der Waals surface area (Å²) in [7, 11) is 2.06. The Morgan fingerprint density at radius 3 is 2.69 bits per heavy atom. The molecule has 2 aliphatic heterocycles. The van der Waals surface area contributed by atoms with Crippen LogP contribution in [0.3, 0.4) is 0 Å². The summed E-state index contributed by atoms with van der Waals surface area (Å²) >= 11 is 0. The molecule has 0 radical (unpaired) electrons. The van der Waals surface area contributed by atoms with E-state index in [2.05, 4.69) is 29.8 Å². The normalized spacial score (nSPS) is 16.4. The first-order valence-electron chi connectivity index (χ1n) is 11.8. The van der Waals surface area contributed by atoms with E-state index in [1.807, 2.05) is 30.3 Å². The summed E-state index contributed by atoms with van der Waals surface area (Å²) in [5, 5.41) is 6.62. The average molecular weight is 511 g/mol. The monoisotopic (exact) mass is 510 g/mol. The maximum Gasteiger partial charge on any atom is 0.320 e. The fraction of sp³-hybridized carbons (Fsp3) is 0.320. The smallest absolute Gasteiger partial charge is 0.320 e. The van der Waals surface area contributed by atoms with Crippen molar-refractivity contribution in [3.05, 3.63) is 60.0 Å². The molecule has 2 unspecified atom stereocenters. The van der Waals surface area contributed by atoms with Crippen LogP contribution in [-0.2, 0) is 6.54 Å². The molecule has 2 aliphatic rings. The van der Waals surface area contributed by atoms with Gasteiger partial charge in [0.1, 0.15) is 18.3 Å². The number of fused-ring (bicyclic) bond motifs is 1. The van der Waals surface area contributed by atoms with E-state index in [0.717, 1.165) is 18.8 Å². The number of H-pyrrole nitrogens is 1. The molecule has 2 aromatic heterocycles. The van der Waals surface area contributed by atoms with Crippen LogP contribution >= 0.6 is 9.24 Å². The van der Waals surface area contributed by atoms with Crippen LogP contribution in [0, 0.1) is 0 Å². The SMILES string of the molecule is O=C1CN(C(=O)N2CCNCC2)Cc2[nH]c(-c3ccncc3OCC(F)P)c(Nc3ccccc3)c21. The highest BCUT2D eigenvalue weighted by Gasteiger charge is 2.35. The van der Waals surface area contributed by atoms with E-state index in [0.29, 0.717) is 47.0 Å². The quantitative estimate of drug-likeness (QED) is 0.440. The van der Waals surface area contributed by atoms with Crippen LogP contribution in [0.5, 0.6) is 5.75 Å². The van der Waals surface area contributed by atoms with E-state index >= 15 is 0 Å². The minimum atomic E-state index is -1.23. The van der Waals surface area contributed by atoms with Gasteiger partial charge in [-0.25, -0.2) is 9.18 Å². The number of hydrogen-bond donors (Lipinski definition) is 3. The molecule has 2 amide bonds. The topological polar surface area (TPSA) is 103 Å². The molecular formula is C25H28FN6O3P. The van der Waals surface area contributed by atoms with Gasteiger partial charge in [0.15, 0.2) is 5.78 Å². The number of hydrogen-bond acceptors (Lipinski definition) is 6. The summed E-state index contributed by atoms with van der Waals surface area (Å²) in [4.78, 5) is 37.4. The van der Waals surface area contributed by atoms with E-state index in [1.54, 1.807) is 22.1 Å². The van der Waals surface area contributed by atoms with Crippen LogP contribution in [0.15, 0.2) is 48.8 Å². The van der Waals surface area contributed by atoms with Crippen LogP contribution in [0.25, 0.3) is 11.3 Å². The Morgan fingerprint density at radius 2 is 1.94 bits per heavy atom. The third-order valence-electron chi connectivity index (χ3n) is 6.19. The number of aromatic amines is 1. The lowest BCUT2D eigenvalue weighted by Crippen LogP contribution is -2.53. The number of carbonyl (C=O) groups is 2. The first-order valence-corrected chi connectivity index (χ1v) is 12.5. The number of piperazine rings is 1. The zero-order valence-corrected chi connectivity index (χ0v) is 20.8. The van der Waals surface area contributed by atoms with Gasteiger partial charge in [0.05, 0.1) is 36.2 Å². The third-order valence-corrected chi connectivity index (χ3v) is 6.39. The van der Waals surface area contributed by atoms with Gasteiger partial charge in [-0.15, -0.1) is 0 Å². The molecule has 0 aliphatic carbocycles. The Morgan fingerprint density at radius 1 is 1.17 bits per heavy atom. The Labute approximate surface area is 210 Å². The van der Waals surface area contributed by atoms with E-state index in [9.17, 15) is 14.0 Å². The molecule has 3 N–H and O–H groups in total. The minimum absolute atomic E-state index is 0.00713. The number of benzene rings is 1. The van der Waals surface area contributed by atoms with E-state index in [-0.39, 0.29) is 31.5 Å². The highest BCUT2D eigenvalue weighted by Crippen LogP contribution is 2.41. The molecule has 5 rings (SSSR count). The number of ketones is 1. The predicted octanol–water partition coefficient (Wildman–Crippen LogP) is 3.39. The second kappa shape index (κ2) is 10.6. The molecule has 4 heterocycles. The Balaban J connectivity index is 1.54. The number of alkyl halides is 1. The zero-order valence-electron chi connectivity index (χ0n) is 19.7. The van der Waals surface area contributed by atoms with Crippen molar-refractivity contribution < 1.29 is 18.7 Å². The van der Waals surface area contributed by atoms with Crippen LogP contribution in [-0.4, -0.2) is 76.8 Å². The highest BCUT2D eigenvalue weighted by atomic mass is 31.0. The van der Waals surface area contributed by atoms with Crippen molar-refractivity contribution in [1.82, 2.24) is 25.1 Å². The van der Waals surface area contributed by atoms with E-state index < -0.39 is 5.91 Å². The molecule has 9 nitrogen and oxygen atoms in total. The second-order valence-corrected chi connectivity index (χ2v) is 9.44. The fourth-order valence-electron chi connectivity index (χ4n) is 4.53. The van der Waals surface area contributed by atoms with Crippen LogP contribution in [0.4, 0.5) is 20.6 Å². The van der Waals surface area contributed by atoms with Gasteiger partial charge in [0.2, 0.25) is 0 Å². The summed E-state index contributed by atoms with van der Waals surface area (Å²) in [5.41, 5.74) is 3.80. The first-order chi connectivity index (χ1) is 17.5. The largest absolute Gasteiger partial charge is 0.488 e. The molecule has 0 bridgehead atoms. The van der Waals surface area contributed by atoms with Gasteiger partial charge in [-0.2, -0.15) is 0 Å². The van der Waals surface area contributed by atoms with Gasteiger partial charge < -0.3 is 30.2 Å². The molecule has 2 atom stereocenters. The summed E-state index contributed by atoms with van der Waals surface area (Å²) in [6.07, 6.45) is 3.14. The molecule has 188 valence electrons. The van der Waals surface area contributed by atoms with Crippen molar-refractivity contribution in [3.8, 4) is 17.0 Å². The number of halogens is 1. The van der Waals surface area contributed by atoms with Gasteiger partial charge in [-0.3, -0.25) is 9.78 Å². The van der Waals surface area contributed by atoms with Crippen LogP contribution < -0.4 is 15.4 Å². The van der Waals surface area contributed by atoms with Gasteiger partial charge in [0, 0.05) is 49.3 Å². The standard InChI is InChI=1S/C25H28FN6O3P/c26-21(36)15-35-20-12-28-7-6-17(20)23-24(29-16-4-2-1-3-5-16)22-18(30-23)13-32(14-19(22)33)25(34)31-10-8-27-9-11-31/h1-7,12,21,27,29-30H,8-11,13-15,36H2. The number of nitrogens with one attached hydrogen (secondary N) is 3. The number of anilines is 2. The van der Waals surface area contributed by atoms with Crippen molar-refractivity contribution in [1.29, 1.82) is 0 Å². The predicted molar refractivity (Wildman–Crippen MR) is 138 cm³/mol. The molecule has 11 heteroatoms. The zero-order chi connectivity index (χ0) is 25.1. The number of ether oxygens (including phenoxy) is 1. The maximum atomic E-state index is 13.5. The number of para-hydroxylation sites is 1. The Hall–Kier alpha value is -3.49. The molecule has 1 aromatic carbocycles. The minimum Gasteiger partial charge on any atom is -0.488 e. The van der Waals surface area contributed by atoms with Crippen molar-refractivity contribution >= 4 is 32.4 Å². The number of carbonyl (C=O) groups excluding carboxylic acids is 2. The number of aromatic nitrogens is 2. The molecule has 1 fully saturated rings. The third kappa shape index (κ3) is 5.05. The van der Waals surface area contributed by atoms with Crippen molar-refractivity contribution in [2.45, 2.75) is 12.5 Å². The van der Waals surface area contributed by atoms with E-state index in [1.165, 1.54) is 6.20 Å².